The minimum Gasteiger partial charge on any atom is -0.391 e. The normalized spacial score (nSPS) is 12.1. The molecule has 2 heteroatoms. The van der Waals surface area contributed by atoms with Crippen LogP contribution in [-0.4, -0.2) is 11.7 Å². The van der Waals surface area contributed by atoms with Crippen molar-refractivity contribution in [2.24, 2.45) is 0 Å². The number of rotatable bonds is 7. The van der Waals surface area contributed by atoms with Gasteiger partial charge < -0.3 is 5.11 Å². The Balaban J connectivity index is 3.10. The van der Waals surface area contributed by atoms with Gasteiger partial charge in [0, 0.05) is 4.48 Å². The molecular weight excluding hydrogens is 216 g/mol. The minimum absolute atomic E-state index is 0.134. The number of aliphatic hydroxyl groups excluding tert-OH is 1. The summed E-state index contributed by atoms with van der Waals surface area (Å²) in [7, 11) is 0. The summed E-state index contributed by atoms with van der Waals surface area (Å²) in [5.74, 6) is 0. The lowest BCUT2D eigenvalue weighted by atomic mass is 10.1. The quantitative estimate of drug-likeness (QED) is 0.668. The van der Waals surface area contributed by atoms with Gasteiger partial charge in [-0.15, -0.1) is 0 Å². The van der Waals surface area contributed by atoms with E-state index in [1.165, 1.54) is 32.1 Å². The van der Waals surface area contributed by atoms with E-state index < -0.39 is 0 Å². The Hall–Kier alpha value is 0.180. The van der Waals surface area contributed by atoms with Crippen molar-refractivity contribution in [1.29, 1.82) is 0 Å². The Bertz CT molecular complexity index is 121. The maximum atomic E-state index is 8.66. The number of aliphatic hydroxyl groups is 1. The monoisotopic (exact) mass is 234 g/mol. The van der Waals surface area contributed by atoms with Crippen molar-refractivity contribution in [2.45, 2.75) is 45.4 Å². The summed E-state index contributed by atoms with van der Waals surface area (Å²) in [5.41, 5.74) is 0. The largest absolute Gasteiger partial charge is 0.391 e. The summed E-state index contributed by atoms with van der Waals surface area (Å²) in [6.07, 6.45) is 9.71. The predicted molar refractivity (Wildman–Crippen MR) is 57.5 cm³/mol. The zero-order valence-corrected chi connectivity index (χ0v) is 9.44. The van der Waals surface area contributed by atoms with E-state index in [0.717, 1.165) is 10.9 Å². The molecule has 0 aliphatic rings. The van der Waals surface area contributed by atoms with E-state index in [1.54, 1.807) is 0 Å². The summed E-state index contributed by atoms with van der Waals surface area (Å²) in [5, 5.41) is 8.66. The van der Waals surface area contributed by atoms with Crippen LogP contribution in [0.5, 0.6) is 0 Å². The first-order valence-electron chi connectivity index (χ1n) is 4.76. The lowest BCUT2D eigenvalue weighted by molar-refractivity contribution is 0.339. The smallest absolute Gasteiger partial charge is 0.0743 e. The average molecular weight is 235 g/mol. The third-order valence-corrected chi connectivity index (χ3v) is 2.40. The van der Waals surface area contributed by atoms with Crippen LogP contribution in [0.4, 0.5) is 0 Å². The maximum Gasteiger partial charge on any atom is 0.0743 e. The molecule has 0 saturated heterocycles. The van der Waals surface area contributed by atoms with Crippen LogP contribution in [0.3, 0.4) is 0 Å². The Labute approximate surface area is 84.0 Å². The molecule has 0 rings (SSSR count). The highest BCUT2D eigenvalue weighted by molar-refractivity contribution is 9.11. The number of allylic oxidation sites excluding steroid dienone is 1. The van der Waals surface area contributed by atoms with Gasteiger partial charge in [-0.05, 0) is 12.8 Å². The molecule has 0 atom stereocenters. The van der Waals surface area contributed by atoms with Crippen LogP contribution in [0, 0.1) is 0 Å². The van der Waals surface area contributed by atoms with Gasteiger partial charge >= 0.3 is 0 Å². The Morgan fingerprint density at radius 1 is 1.25 bits per heavy atom. The molecule has 72 valence electrons. The number of hydrogen-bond acceptors (Lipinski definition) is 1. The molecule has 0 aromatic rings. The van der Waals surface area contributed by atoms with Crippen LogP contribution in [0.25, 0.3) is 0 Å². The van der Waals surface area contributed by atoms with Crippen molar-refractivity contribution in [3.63, 3.8) is 0 Å². The number of halogens is 1. The number of unbranched alkanes of at least 4 members (excludes halogenated alkanes) is 5. The van der Waals surface area contributed by atoms with Gasteiger partial charge in [-0.25, -0.2) is 0 Å². The Morgan fingerprint density at radius 3 is 2.50 bits per heavy atom. The maximum absolute atomic E-state index is 8.66. The van der Waals surface area contributed by atoms with Crippen LogP contribution in [-0.2, 0) is 0 Å². The summed E-state index contributed by atoms with van der Waals surface area (Å²) in [4.78, 5) is 0. The molecule has 1 nitrogen and oxygen atoms in total. The fraction of sp³-hybridized carbons (Fsp3) is 0.800. The molecule has 0 heterocycles. The van der Waals surface area contributed by atoms with E-state index >= 15 is 0 Å². The van der Waals surface area contributed by atoms with Gasteiger partial charge in [0.1, 0.15) is 0 Å². The molecular formula is C10H19BrO. The van der Waals surface area contributed by atoms with E-state index in [1.807, 2.05) is 0 Å². The summed E-state index contributed by atoms with van der Waals surface area (Å²) >= 11 is 3.27. The van der Waals surface area contributed by atoms with Crippen molar-refractivity contribution < 1.29 is 5.11 Å². The van der Waals surface area contributed by atoms with Gasteiger partial charge in [0.05, 0.1) is 6.61 Å². The highest BCUT2D eigenvalue weighted by Gasteiger charge is 1.89. The van der Waals surface area contributed by atoms with E-state index in [9.17, 15) is 0 Å². The number of hydrogen-bond donors (Lipinski definition) is 1. The molecule has 0 fully saturated rings. The van der Waals surface area contributed by atoms with E-state index in [4.69, 9.17) is 5.11 Å². The molecule has 0 radical (unpaired) electrons. The Morgan fingerprint density at radius 2 is 1.92 bits per heavy atom. The minimum atomic E-state index is 0.134. The van der Waals surface area contributed by atoms with Gasteiger partial charge in [-0.1, -0.05) is 54.6 Å². The zero-order valence-electron chi connectivity index (χ0n) is 7.85. The lowest BCUT2D eigenvalue weighted by Crippen LogP contribution is -1.81. The Kier molecular flexibility index (Phi) is 9.41. The molecule has 0 amide bonds. The van der Waals surface area contributed by atoms with Crippen molar-refractivity contribution in [1.82, 2.24) is 0 Å². The standard InChI is InChI=1S/C10H19BrO/c1-2-3-4-5-6-7-8-10(11)9-12/h8,12H,2-7,9H2,1H3/b10-8-. The SMILES string of the molecule is CCCCCCC/C=C(\Br)CO. The first-order valence-corrected chi connectivity index (χ1v) is 5.56. The molecule has 0 aromatic carbocycles. The third kappa shape index (κ3) is 8.28. The molecule has 0 aliphatic heterocycles. The second kappa shape index (κ2) is 9.27. The second-order valence-electron chi connectivity index (χ2n) is 3.01. The van der Waals surface area contributed by atoms with Crippen molar-refractivity contribution in [3.8, 4) is 0 Å². The van der Waals surface area contributed by atoms with E-state index in [2.05, 4.69) is 28.9 Å². The fourth-order valence-corrected chi connectivity index (χ4v) is 1.30. The molecule has 0 aromatic heterocycles. The zero-order chi connectivity index (χ0) is 9.23. The van der Waals surface area contributed by atoms with Crippen molar-refractivity contribution in [3.05, 3.63) is 10.6 Å². The van der Waals surface area contributed by atoms with Crippen LogP contribution >= 0.6 is 15.9 Å². The second-order valence-corrected chi connectivity index (χ2v) is 4.03. The molecule has 0 aliphatic carbocycles. The van der Waals surface area contributed by atoms with E-state index in [-0.39, 0.29) is 6.61 Å². The molecule has 0 spiro atoms. The molecule has 0 saturated carbocycles. The van der Waals surface area contributed by atoms with E-state index in [0.29, 0.717) is 0 Å². The molecule has 1 N–H and O–H groups in total. The van der Waals surface area contributed by atoms with Crippen molar-refractivity contribution >= 4 is 15.9 Å². The van der Waals surface area contributed by atoms with Crippen LogP contribution < -0.4 is 0 Å². The van der Waals surface area contributed by atoms with Gasteiger partial charge in [-0.2, -0.15) is 0 Å². The van der Waals surface area contributed by atoms with Gasteiger partial charge in [0.2, 0.25) is 0 Å². The first-order chi connectivity index (χ1) is 5.81. The summed E-state index contributed by atoms with van der Waals surface area (Å²) in [6.45, 7) is 2.36. The topological polar surface area (TPSA) is 20.2 Å². The summed E-state index contributed by atoms with van der Waals surface area (Å²) in [6, 6.07) is 0. The van der Waals surface area contributed by atoms with Gasteiger partial charge in [-0.3, -0.25) is 0 Å². The third-order valence-electron chi connectivity index (χ3n) is 1.82. The lowest BCUT2D eigenvalue weighted by Gasteiger charge is -1.97. The van der Waals surface area contributed by atoms with Gasteiger partial charge in [0.25, 0.3) is 0 Å². The fourth-order valence-electron chi connectivity index (χ4n) is 1.07. The first kappa shape index (κ1) is 12.2. The predicted octanol–water partition coefficient (Wildman–Crippen LogP) is 3.62. The van der Waals surface area contributed by atoms with Crippen LogP contribution in [0.15, 0.2) is 10.6 Å². The average Bonchev–Trinajstić information content (AvgIpc) is 2.10. The highest BCUT2D eigenvalue weighted by Crippen LogP contribution is 2.09. The van der Waals surface area contributed by atoms with Gasteiger partial charge in [0.15, 0.2) is 0 Å². The molecule has 0 bridgehead atoms. The molecule has 0 unspecified atom stereocenters. The van der Waals surface area contributed by atoms with Crippen molar-refractivity contribution in [2.75, 3.05) is 6.61 Å². The van der Waals surface area contributed by atoms with Crippen LogP contribution in [0.2, 0.25) is 0 Å². The van der Waals surface area contributed by atoms with Crippen LogP contribution in [0.1, 0.15) is 45.4 Å². The molecule has 12 heavy (non-hydrogen) atoms. The summed E-state index contributed by atoms with van der Waals surface area (Å²) < 4.78 is 0.915. The highest BCUT2D eigenvalue weighted by atomic mass is 79.9.